The Labute approximate surface area is 107 Å². The van der Waals surface area contributed by atoms with Crippen LogP contribution in [0.3, 0.4) is 0 Å². The molecule has 0 unspecified atom stereocenters. The number of pyridine rings is 1. The molecule has 0 aromatic carbocycles. The summed E-state index contributed by atoms with van der Waals surface area (Å²) in [7, 11) is 1.72. The van der Waals surface area contributed by atoms with E-state index in [1.165, 1.54) is 24.2 Å². The number of hydrogen-bond acceptors (Lipinski definition) is 3. The molecule has 0 radical (unpaired) electrons. The Hall–Kier alpha value is -1.78. The van der Waals surface area contributed by atoms with Gasteiger partial charge in [0.2, 0.25) is 0 Å². The molecule has 2 amide bonds. The number of hydrogen-bond donors (Lipinski definition) is 2. The van der Waals surface area contributed by atoms with Crippen molar-refractivity contribution in [1.82, 2.24) is 10.3 Å². The van der Waals surface area contributed by atoms with Gasteiger partial charge >= 0.3 is 6.03 Å². The highest BCUT2D eigenvalue weighted by Gasteiger charge is 2.18. The zero-order valence-corrected chi connectivity index (χ0v) is 10.7. The van der Waals surface area contributed by atoms with E-state index in [1.807, 2.05) is 0 Å². The molecule has 0 aliphatic heterocycles. The standard InChI is InChI=1S/C13H20N4O/c1-17(12-8-7-10(14)9-15-12)13(18)16-11-5-3-2-4-6-11/h7-9,11H,2-6,14H2,1H3,(H,16,18). The van der Waals surface area contributed by atoms with Gasteiger partial charge in [0.1, 0.15) is 5.82 Å². The first-order valence-corrected chi connectivity index (χ1v) is 6.42. The normalized spacial score (nSPS) is 16.3. The van der Waals surface area contributed by atoms with Gasteiger partial charge in [0.15, 0.2) is 0 Å². The largest absolute Gasteiger partial charge is 0.397 e. The molecule has 2 rings (SSSR count). The second-order valence-electron chi connectivity index (χ2n) is 4.79. The fraction of sp³-hybridized carbons (Fsp3) is 0.538. The number of carbonyl (C=O) groups excluding carboxylic acids is 1. The number of rotatable bonds is 2. The Bertz CT molecular complexity index is 398. The molecule has 1 aromatic heterocycles. The van der Waals surface area contributed by atoms with Crippen LogP contribution in [-0.4, -0.2) is 24.1 Å². The van der Waals surface area contributed by atoms with Crippen LogP contribution in [0.4, 0.5) is 16.3 Å². The minimum atomic E-state index is -0.0980. The molecule has 1 aromatic rings. The summed E-state index contributed by atoms with van der Waals surface area (Å²) in [6, 6.07) is 3.70. The van der Waals surface area contributed by atoms with Crippen LogP contribution in [0.15, 0.2) is 18.3 Å². The number of amides is 2. The summed E-state index contributed by atoms with van der Waals surface area (Å²) in [6.45, 7) is 0. The Kier molecular flexibility index (Phi) is 4.02. The van der Waals surface area contributed by atoms with E-state index in [2.05, 4.69) is 10.3 Å². The maximum absolute atomic E-state index is 12.0. The fourth-order valence-corrected chi connectivity index (χ4v) is 2.22. The molecular formula is C13H20N4O. The third kappa shape index (κ3) is 3.12. The first kappa shape index (κ1) is 12.7. The van der Waals surface area contributed by atoms with Crippen molar-refractivity contribution < 1.29 is 4.79 Å². The molecule has 98 valence electrons. The van der Waals surface area contributed by atoms with E-state index in [0.717, 1.165) is 12.8 Å². The highest BCUT2D eigenvalue weighted by Crippen LogP contribution is 2.18. The maximum atomic E-state index is 12.0. The zero-order chi connectivity index (χ0) is 13.0. The van der Waals surface area contributed by atoms with Crippen LogP contribution in [0.2, 0.25) is 0 Å². The Balaban J connectivity index is 1.93. The summed E-state index contributed by atoms with van der Waals surface area (Å²) in [4.78, 5) is 17.7. The minimum absolute atomic E-state index is 0.0980. The predicted molar refractivity (Wildman–Crippen MR) is 72.5 cm³/mol. The third-order valence-corrected chi connectivity index (χ3v) is 3.35. The quantitative estimate of drug-likeness (QED) is 0.842. The number of nitrogens with one attached hydrogen (secondary N) is 1. The highest BCUT2D eigenvalue weighted by molar-refractivity contribution is 5.90. The number of nitrogen functional groups attached to an aromatic ring is 1. The van der Waals surface area contributed by atoms with E-state index < -0.39 is 0 Å². The van der Waals surface area contributed by atoms with Crippen LogP contribution in [-0.2, 0) is 0 Å². The first-order valence-electron chi connectivity index (χ1n) is 6.42. The van der Waals surface area contributed by atoms with E-state index in [1.54, 1.807) is 25.4 Å². The number of urea groups is 1. The molecule has 3 N–H and O–H groups in total. The summed E-state index contributed by atoms with van der Waals surface area (Å²) < 4.78 is 0. The average molecular weight is 248 g/mol. The van der Waals surface area contributed by atoms with Gasteiger partial charge in [0.05, 0.1) is 11.9 Å². The van der Waals surface area contributed by atoms with Crippen molar-refractivity contribution in [1.29, 1.82) is 0 Å². The molecule has 5 nitrogen and oxygen atoms in total. The lowest BCUT2D eigenvalue weighted by Gasteiger charge is -2.25. The lowest BCUT2D eigenvalue weighted by molar-refractivity contribution is 0.239. The predicted octanol–water partition coefficient (Wildman–Crippen LogP) is 2.14. The van der Waals surface area contributed by atoms with Crippen molar-refractivity contribution in [2.24, 2.45) is 0 Å². The molecule has 1 fully saturated rings. The van der Waals surface area contributed by atoms with Gasteiger partial charge in [-0.2, -0.15) is 0 Å². The molecule has 5 heteroatoms. The lowest BCUT2D eigenvalue weighted by Crippen LogP contribution is -2.44. The van der Waals surface area contributed by atoms with E-state index in [-0.39, 0.29) is 6.03 Å². The van der Waals surface area contributed by atoms with E-state index in [4.69, 9.17) is 5.73 Å². The second-order valence-corrected chi connectivity index (χ2v) is 4.79. The van der Waals surface area contributed by atoms with Gasteiger partial charge in [0, 0.05) is 13.1 Å². The summed E-state index contributed by atoms with van der Waals surface area (Å²) >= 11 is 0. The summed E-state index contributed by atoms with van der Waals surface area (Å²) in [5.41, 5.74) is 6.17. The smallest absolute Gasteiger partial charge is 0.323 e. The van der Waals surface area contributed by atoms with E-state index in [0.29, 0.717) is 17.5 Å². The molecule has 0 atom stereocenters. The van der Waals surface area contributed by atoms with Crippen LogP contribution in [0.5, 0.6) is 0 Å². The third-order valence-electron chi connectivity index (χ3n) is 3.35. The van der Waals surface area contributed by atoms with Crippen molar-refractivity contribution >= 4 is 17.5 Å². The molecule has 1 heterocycles. The van der Waals surface area contributed by atoms with Crippen LogP contribution in [0.25, 0.3) is 0 Å². The average Bonchev–Trinajstić information content (AvgIpc) is 2.40. The number of aromatic nitrogens is 1. The molecule has 1 saturated carbocycles. The van der Waals surface area contributed by atoms with Crippen molar-refractivity contribution in [3.63, 3.8) is 0 Å². The van der Waals surface area contributed by atoms with Crippen molar-refractivity contribution in [3.05, 3.63) is 18.3 Å². The van der Waals surface area contributed by atoms with Gasteiger partial charge in [-0.1, -0.05) is 19.3 Å². The van der Waals surface area contributed by atoms with Gasteiger partial charge in [0.25, 0.3) is 0 Å². The van der Waals surface area contributed by atoms with E-state index >= 15 is 0 Å². The summed E-state index contributed by atoms with van der Waals surface area (Å²) in [6.07, 6.45) is 7.40. The SMILES string of the molecule is CN(C(=O)NC1CCCCC1)c1ccc(N)cn1. The van der Waals surface area contributed by atoms with Crippen molar-refractivity contribution in [3.8, 4) is 0 Å². The van der Waals surface area contributed by atoms with E-state index in [9.17, 15) is 4.79 Å². The highest BCUT2D eigenvalue weighted by atomic mass is 16.2. The Morgan fingerprint density at radius 3 is 2.72 bits per heavy atom. The monoisotopic (exact) mass is 248 g/mol. The van der Waals surface area contributed by atoms with Crippen LogP contribution in [0.1, 0.15) is 32.1 Å². The first-order chi connectivity index (χ1) is 8.66. The number of carbonyl (C=O) groups is 1. The number of nitrogens with zero attached hydrogens (tertiary/aromatic N) is 2. The number of nitrogens with two attached hydrogens (primary N) is 1. The summed E-state index contributed by atoms with van der Waals surface area (Å²) in [5, 5.41) is 3.05. The fourth-order valence-electron chi connectivity index (χ4n) is 2.22. The Morgan fingerprint density at radius 1 is 1.39 bits per heavy atom. The second kappa shape index (κ2) is 5.71. The van der Waals surface area contributed by atoms with Gasteiger partial charge in [-0.15, -0.1) is 0 Å². The zero-order valence-electron chi connectivity index (χ0n) is 10.7. The molecule has 1 aliphatic carbocycles. The molecule has 1 aliphatic rings. The number of anilines is 2. The van der Waals surface area contributed by atoms with Gasteiger partial charge in [-0.25, -0.2) is 9.78 Å². The minimum Gasteiger partial charge on any atom is -0.397 e. The van der Waals surface area contributed by atoms with Crippen molar-refractivity contribution in [2.45, 2.75) is 38.1 Å². The lowest BCUT2D eigenvalue weighted by atomic mass is 9.96. The molecule has 0 spiro atoms. The Morgan fingerprint density at radius 2 is 2.11 bits per heavy atom. The molecule has 0 saturated heterocycles. The van der Waals surface area contributed by atoms with Crippen LogP contribution in [0, 0.1) is 0 Å². The maximum Gasteiger partial charge on any atom is 0.323 e. The molecular weight excluding hydrogens is 228 g/mol. The van der Waals surface area contributed by atoms with Gasteiger partial charge < -0.3 is 11.1 Å². The topological polar surface area (TPSA) is 71.2 Å². The van der Waals surface area contributed by atoms with Gasteiger partial charge in [-0.05, 0) is 25.0 Å². The van der Waals surface area contributed by atoms with Crippen LogP contribution >= 0.6 is 0 Å². The van der Waals surface area contributed by atoms with Crippen molar-refractivity contribution in [2.75, 3.05) is 17.7 Å². The van der Waals surface area contributed by atoms with Crippen LogP contribution < -0.4 is 16.0 Å². The van der Waals surface area contributed by atoms with Gasteiger partial charge in [-0.3, -0.25) is 4.90 Å². The molecule has 0 bridgehead atoms. The molecule has 18 heavy (non-hydrogen) atoms. The summed E-state index contributed by atoms with van der Waals surface area (Å²) in [5.74, 6) is 0.609.